The number of ether oxygens (including phenoxy) is 4. The minimum Gasteiger partial charge on any atom is -0.457 e. The molecule has 8 heteroatoms. The number of esters is 4. The third-order valence-electron chi connectivity index (χ3n) is 9.06. The number of carbonyl (C=O) groups is 4. The maximum absolute atomic E-state index is 12.1. The summed E-state index contributed by atoms with van der Waals surface area (Å²) in [6.07, 6.45) is 3.75. The van der Waals surface area contributed by atoms with E-state index in [2.05, 4.69) is 35.7 Å². The topological polar surface area (TPSA) is 105 Å². The van der Waals surface area contributed by atoms with E-state index in [0.29, 0.717) is 23.0 Å². The van der Waals surface area contributed by atoms with Crippen molar-refractivity contribution in [2.75, 3.05) is 0 Å². The number of carbonyl (C=O) groups excluding carboxylic acids is 4. The summed E-state index contributed by atoms with van der Waals surface area (Å²) in [6.45, 7) is 0. The Balaban J connectivity index is 1.13. The minimum absolute atomic E-state index is 0.155. The molecule has 8 nitrogen and oxygen atoms in total. The fraction of sp³-hybridized carbons (Fsp3) is 0.0244. The molecule has 232 valence electrons. The molecule has 0 radical (unpaired) electrons. The highest BCUT2D eigenvalue weighted by molar-refractivity contribution is 6.15. The van der Waals surface area contributed by atoms with Crippen molar-refractivity contribution in [2.45, 2.75) is 5.41 Å². The number of allylic oxidation sites excluding steroid dienone is 3. The molecule has 49 heavy (non-hydrogen) atoms. The number of rotatable bonds is 6. The fourth-order valence-electron chi connectivity index (χ4n) is 6.93. The van der Waals surface area contributed by atoms with Gasteiger partial charge >= 0.3 is 23.9 Å². The van der Waals surface area contributed by atoms with E-state index in [9.17, 15) is 19.2 Å². The zero-order valence-electron chi connectivity index (χ0n) is 25.3. The lowest BCUT2D eigenvalue weighted by molar-refractivity contribution is 0.0425. The smallest absolute Gasteiger partial charge is 0.347 e. The molecule has 9 rings (SSSR count). The summed E-state index contributed by atoms with van der Waals surface area (Å²) in [6, 6.07) is 33.5. The maximum Gasteiger partial charge on any atom is 0.347 e. The van der Waals surface area contributed by atoms with Crippen LogP contribution in [0.5, 0.6) is 17.2 Å². The molecule has 4 aliphatic rings. The van der Waals surface area contributed by atoms with E-state index >= 15 is 0 Å². The number of hydrogen-bond donors (Lipinski definition) is 0. The summed E-state index contributed by atoms with van der Waals surface area (Å²) in [5.41, 5.74) is 12.7. The Morgan fingerprint density at radius 1 is 0.469 bits per heavy atom. The summed E-state index contributed by atoms with van der Waals surface area (Å²) < 4.78 is 21.5. The van der Waals surface area contributed by atoms with Gasteiger partial charge in [-0.15, -0.1) is 0 Å². The average molecular weight is 641 g/mol. The van der Waals surface area contributed by atoms with Gasteiger partial charge in [0.05, 0.1) is 27.7 Å². The van der Waals surface area contributed by atoms with Gasteiger partial charge in [-0.1, -0.05) is 66.4 Å². The van der Waals surface area contributed by atoms with Crippen LogP contribution in [0.2, 0.25) is 0 Å². The Labute approximate surface area is 278 Å². The summed E-state index contributed by atoms with van der Waals surface area (Å²) in [7, 11) is 0. The Kier molecular flexibility index (Phi) is 6.07. The van der Waals surface area contributed by atoms with Gasteiger partial charge in [0.15, 0.2) is 5.76 Å². The van der Waals surface area contributed by atoms with Crippen molar-refractivity contribution in [2.24, 2.45) is 0 Å². The molecule has 0 saturated carbocycles. The third-order valence-corrected chi connectivity index (χ3v) is 9.06. The van der Waals surface area contributed by atoms with Gasteiger partial charge < -0.3 is 18.9 Å². The molecule has 5 aromatic rings. The molecule has 0 amide bonds. The molecular weight excluding hydrogens is 620 g/mol. The molecule has 0 unspecified atom stereocenters. The van der Waals surface area contributed by atoms with Crippen molar-refractivity contribution in [3.8, 4) is 28.4 Å². The van der Waals surface area contributed by atoms with E-state index in [-0.39, 0.29) is 22.3 Å². The molecule has 2 heterocycles. The van der Waals surface area contributed by atoms with E-state index in [1.165, 1.54) is 24.3 Å². The van der Waals surface area contributed by atoms with Crippen LogP contribution in [0.15, 0.2) is 144 Å². The molecule has 0 fully saturated rings. The summed E-state index contributed by atoms with van der Waals surface area (Å²) >= 11 is 0. The summed E-state index contributed by atoms with van der Waals surface area (Å²) in [4.78, 5) is 47.9. The lowest BCUT2D eigenvalue weighted by Crippen LogP contribution is -2.29. The quantitative estimate of drug-likeness (QED) is 0.106. The van der Waals surface area contributed by atoms with Gasteiger partial charge in [-0.2, -0.15) is 0 Å². The Hall–Kier alpha value is -6.98. The third kappa shape index (κ3) is 4.26. The van der Waals surface area contributed by atoms with Crippen LogP contribution in [0.25, 0.3) is 11.1 Å². The first-order valence-corrected chi connectivity index (χ1v) is 15.3. The van der Waals surface area contributed by atoms with E-state index in [1.807, 2.05) is 54.6 Å². The zero-order chi connectivity index (χ0) is 33.3. The number of fused-ring (bicyclic) bond motifs is 5. The molecule has 2 aliphatic carbocycles. The van der Waals surface area contributed by atoms with Crippen molar-refractivity contribution in [1.29, 1.82) is 0 Å². The van der Waals surface area contributed by atoms with Crippen molar-refractivity contribution < 1.29 is 38.1 Å². The van der Waals surface area contributed by atoms with Gasteiger partial charge in [-0.25, -0.2) is 19.2 Å². The van der Waals surface area contributed by atoms with Crippen LogP contribution in [-0.2, 0) is 14.9 Å². The largest absolute Gasteiger partial charge is 0.457 e. The lowest BCUT2D eigenvalue weighted by Gasteiger charge is -2.33. The predicted octanol–water partition coefficient (Wildman–Crippen LogP) is 7.63. The SMILES string of the molecule is O=C1OC(=O)c2cc(OC3=C=C=C(C4(c5ccc(Oc6ccc7c(c6)C(=O)OC7=O)cc5)c5ccccc5-c5ccccc54)C=C3)ccc21. The van der Waals surface area contributed by atoms with Gasteiger partial charge in [0, 0.05) is 5.57 Å². The monoisotopic (exact) mass is 640 g/mol. The zero-order valence-corrected chi connectivity index (χ0v) is 25.3. The molecule has 0 atom stereocenters. The second-order valence-corrected chi connectivity index (χ2v) is 11.7. The molecule has 0 spiro atoms. The molecule has 0 aromatic heterocycles. The first kappa shape index (κ1) is 28.3. The van der Waals surface area contributed by atoms with E-state index in [1.54, 1.807) is 18.2 Å². The van der Waals surface area contributed by atoms with E-state index in [4.69, 9.17) is 18.9 Å². The van der Waals surface area contributed by atoms with Gasteiger partial charge in [0.1, 0.15) is 17.2 Å². The van der Waals surface area contributed by atoms with Crippen molar-refractivity contribution >= 4 is 23.9 Å². The highest BCUT2D eigenvalue weighted by atomic mass is 16.6. The second-order valence-electron chi connectivity index (χ2n) is 11.7. The fourth-order valence-corrected chi connectivity index (χ4v) is 6.93. The Morgan fingerprint density at radius 3 is 1.53 bits per heavy atom. The van der Waals surface area contributed by atoms with E-state index in [0.717, 1.165) is 33.4 Å². The standard InChI is InChI=1S/C41H20O8/c42-37-31-19-17-27(21-33(31)39(44)48-37)46-25-13-9-23(10-14-25)41(35-7-3-1-5-29(35)30-6-2-4-8-36(30)41)24-11-15-26(16-12-24)47-28-18-20-32-34(22-28)40(45)49-38(32)43/h1-11,13-15,17-22H. The van der Waals surface area contributed by atoms with Crippen LogP contribution < -0.4 is 9.47 Å². The Bertz CT molecular complexity index is 2440. The number of benzene rings is 5. The van der Waals surface area contributed by atoms with Gasteiger partial charge in [-0.3, -0.25) is 0 Å². The first-order valence-electron chi connectivity index (χ1n) is 15.3. The summed E-state index contributed by atoms with van der Waals surface area (Å²) in [5.74, 6) is -1.08. The van der Waals surface area contributed by atoms with Crippen molar-refractivity contribution in [3.63, 3.8) is 0 Å². The van der Waals surface area contributed by atoms with Crippen LogP contribution in [0, 0.1) is 0 Å². The van der Waals surface area contributed by atoms with Gasteiger partial charge in [0.25, 0.3) is 0 Å². The highest BCUT2D eigenvalue weighted by Gasteiger charge is 2.47. The van der Waals surface area contributed by atoms with Crippen molar-refractivity contribution in [3.05, 3.63) is 183 Å². The summed E-state index contributed by atoms with van der Waals surface area (Å²) in [5, 5.41) is 0. The molecule has 0 saturated heterocycles. The molecule has 2 aliphatic heterocycles. The molecule has 5 aromatic carbocycles. The van der Waals surface area contributed by atoms with Crippen LogP contribution in [0.1, 0.15) is 58.1 Å². The van der Waals surface area contributed by atoms with Crippen LogP contribution in [-0.4, -0.2) is 23.9 Å². The predicted molar refractivity (Wildman–Crippen MR) is 174 cm³/mol. The van der Waals surface area contributed by atoms with Crippen molar-refractivity contribution in [1.82, 2.24) is 0 Å². The molecule has 0 bridgehead atoms. The number of cyclic esters (lactones) is 4. The van der Waals surface area contributed by atoms with Gasteiger partial charge in [0.2, 0.25) is 0 Å². The van der Waals surface area contributed by atoms with Crippen LogP contribution >= 0.6 is 0 Å². The van der Waals surface area contributed by atoms with Gasteiger partial charge in [-0.05, 0) is 94.2 Å². The molecule has 0 N–H and O–H groups in total. The highest BCUT2D eigenvalue weighted by Crippen LogP contribution is 2.56. The average Bonchev–Trinajstić information content (AvgIpc) is 3.70. The number of hydrogen-bond acceptors (Lipinski definition) is 8. The second kappa shape index (κ2) is 10.5. The lowest BCUT2D eigenvalue weighted by atomic mass is 9.67. The Morgan fingerprint density at radius 2 is 0.980 bits per heavy atom. The molecular formula is C41H20O8. The van der Waals surface area contributed by atoms with E-state index < -0.39 is 29.3 Å². The van der Waals surface area contributed by atoms with Crippen LogP contribution in [0.3, 0.4) is 0 Å². The normalized spacial score (nSPS) is 15.8. The van der Waals surface area contributed by atoms with Crippen LogP contribution in [0.4, 0.5) is 0 Å². The maximum atomic E-state index is 12.1. The first-order chi connectivity index (χ1) is 23.9. The minimum atomic E-state index is -0.768.